The number of aliphatic hydroxyl groups is 1. The molecule has 2 aromatic rings. The largest absolute Gasteiger partial charge is 0.442 e. The minimum absolute atomic E-state index is 0.0886. The quantitative estimate of drug-likeness (QED) is 0.425. The summed E-state index contributed by atoms with van der Waals surface area (Å²) in [6.45, 7) is 1.97. The first kappa shape index (κ1) is 27.7. The summed E-state index contributed by atoms with van der Waals surface area (Å²) < 4.78 is 70.9. The van der Waals surface area contributed by atoms with Gasteiger partial charge in [0.1, 0.15) is 23.6 Å². The van der Waals surface area contributed by atoms with Crippen LogP contribution in [0.1, 0.15) is 68.1 Å². The Morgan fingerprint density at radius 2 is 2.14 bits per heavy atom. The highest BCUT2D eigenvalue weighted by atomic mass is 32.2. The van der Waals surface area contributed by atoms with Crippen molar-refractivity contribution in [1.82, 2.24) is 10.3 Å². The fraction of sp³-hybridized carbons (Fsp3) is 0.560. The predicted molar refractivity (Wildman–Crippen MR) is 141 cm³/mol. The van der Waals surface area contributed by atoms with E-state index in [2.05, 4.69) is 10.3 Å². The molecule has 12 heteroatoms. The molecule has 1 aliphatic heterocycles. The Morgan fingerprint density at radius 3 is 2.70 bits per heavy atom. The molecule has 9 nitrogen and oxygen atoms in total. The molecule has 1 aliphatic carbocycles. The highest BCUT2D eigenvalue weighted by Gasteiger charge is 2.32. The zero-order valence-corrected chi connectivity index (χ0v) is 22.9. The Hall–Kier alpha value is -2.28. The highest BCUT2D eigenvalue weighted by molar-refractivity contribution is 7.92. The van der Waals surface area contributed by atoms with Gasteiger partial charge in [0, 0.05) is 23.4 Å². The Balaban J connectivity index is 1.74. The summed E-state index contributed by atoms with van der Waals surface area (Å²) in [6, 6.07) is 1.78. The van der Waals surface area contributed by atoms with E-state index in [-0.39, 0.29) is 35.6 Å². The lowest BCUT2D eigenvalue weighted by Gasteiger charge is -2.24. The van der Waals surface area contributed by atoms with Crippen LogP contribution in [0.4, 0.5) is 10.2 Å². The Bertz CT molecular complexity index is 1430. The number of fused-ring (bicyclic) bond motifs is 1. The standard InChI is InChI=1S/C25H34FN3O6S2/c1-4-16-15-20-21(24(30)27-2)22(17-9-11-18(26)12-10-17)35-25(20)28-23(16)29(36(3,31)32)13-5-7-19-8-6-14-37(19,33)34/h9,11-12,15,17,19,24,27,30H,4-8,10,13-14H2,1-3H3. The molecule has 0 radical (unpaired) electrons. The van der Waals surface area contributed by atoms with E-state index in [0.717, 1.165) is 6.26 Å². The van der Waals surface area contributed by atoms with Gasteiger partial charge in [-0.3, -0.25) is 9.62 Å². The third-order valence-electron chi connectivity index (χ3n) is 7.11. The number of hydrogen-bond acceptors (Lipinski definition) is 8. The number of anilines is 1. The number of nitrogens with zero attached hydrogens (tertiary/aromatic N) is 2. The normalized spacial score (nSPS) is 22.4. The van der Waals surface area contributed by atoms with Crippen LogP contribution >= 0.6 is 0 Å². The number of sulfonamides is 1. The highest BCUT2D eigenvalue weighted by Crippen LogP contribution is 2.40. The van der Waals surface area contributed by atoms with Crippen LogP contribution in [0.15, 0.2) is 34.5 Å². The summed E-state index contributed by atoms with van der Waals surface area (Å²) in [5, 5.41) is 13.7. The van der Waals surface area contributed by atoms with E-state index >= 15 is 0 Å². The van der Waals surface area contributed by atoms with Crippen LogP contribution in [0.3, 0.4) is 0 Å². The summed E-state index contributed by atoms with van der Waals surface area (Å²) in [4.78, 5) is 4.61. The van der Waals surface area contributed by atoms with E-state index in [9.17, 15) is 26.3 Å². The molecule has 3 heterocycles. The van der Waals surface area contributed by atoms with Crippen LogP contribution in [-0.2, 0) is 26.3 Å². The molecule has 2 aliphatic rings. The second-order valence-electron chi connectivity index (χ2n) is 9.65. The van der Waals surface area contributed by atoms with Gasteiger partial charge in [-0.2, -0.15) is 4.98 Å². The van der Waals surface area contributed by atoms with Crippen molar-refractivity contribution in [2.45, 2.75) is 62.8 Å². The molecule has 1 saturated heterocycles. The number of hydrogen-bond donors (Lipinski definition) is 2. The average Bonchev–Trinajstić information content (AvgIpc) is 3.38. The molecule has 0 spiro atoms. The van der Waals surface area contributed by atoms with Crippen molar-refractivity contribution in [2.75, 3.05) is 29.9 Å². The average molecular weight is 556 g/mol. The lowest BCUT2D eigenvalue weighted by molar-refractivity contribution is 0.148. The number of halogens is 1. The number of sulfone groups is 1. The van der Waals surface area contributed by atoms with Gasteiger partial charge in [0.2, 0.25) is 15.7 Å². The van der Waals surface area contributed by atoms with Crippen molar-refractivity contribution in [3.8, 4) is 0 Å². The molecular weight excluding hydrogens is 521 g/mol. The van der Waals surface area contributed by atoms with Crippen molar-refractivity contribution < 1.29 is 30.7 Å². The molecule has 37 heavy (non-hydrogen) atoms. The molecule has 4 rings (SSSR count). The van der Waals surface area contributed by atoms with Gasteiger partial charge in [0.05, 0.1) is 17.3 Å². The number of aliphatic hydroxyl groups excluding tert-OH is 1. The lowest BCUT2D eigenvalue weighted by Crippen LogP contribution is -2.33. The van der Waals surface area contributed by atoms with Crippen LogP contribution in [0, 0.1) is 0 Å². The molecule has 0 bridgehead atoms. The predicted octanol–water partition coefficient (Wildman–Crippen LogP) is 3.62. The number of aromatic nitrogens is 1. The molecule has 1 fully saturated rings. The Labute approximate surface area is 217 Å². The third-order valence-corrected chi connectivity index (χ3v) is 10.6. The molecule has 0 aromatic carbocycles. The lowest BCUT2D eigenvalue weighted by atomic mass is 9.93. The van der Waals surface area contributed by atoms with Gasteiger partial charge in [-0.1, -0.05) is 13.0 Å². The van der Waals surface area contributed by atoms with Gasteiger partial charge in [-0.05, 0) is 69.4 Å². The maximum Gasteiger partial charge on any atom is 0.233 e. The number of rotatable bonds is 10. The van der Waals surface area contributed by atoms with E-state index in [0.29, 0.717) is 60.8 Å². The minimum atomic E-state index is -3.74. The molecule has 0 amide bonds. The SMILES string of the molecule is CCc1cc2c(C(O)NC)c(C3C=CC(F)=CC3)oc2nc1N(CCCC1CCCS1(=O)=O)S(C)(=O)=O. The second kappa shape index (κ2) is 10.8. The first-order chi connectivity index (χ1) is 17.5. The van der Waals surface area contributed by atoms with Gasteiger partial charge in [-0.25, -0.2) is 21.2 Å². The van der Waals surface area contributed by atoms with E-state index in [1.54, 1.807) is 19.2 Å². The first-order valence-electron chi connectivity index (χ1n) is 12.5. The van der Waals surface area contributed by atoms with Gasteiger partial charge >= 0.3 is 0 Å². The molecule has 3 unspecified atom stereocenters. The molecule has 2 aromatic heterocycles. The summed E-state index contributed by atoms with van der Waals surface area (Å²) >= 11 is 0. The smallest absolute Gasteiger partial charge is 0.233 e. The molecular formula is C25H34FN3O6S2. The Morgan fingerprint density at radius 1 is 1.38 bits per heavy atom. The monoisotopic (exact) mass is 555 g/mol. The fourth-order valence-electron chi connectivity index (χ4n) is 5.13. The topological polar surface area (TPSA) is 130 Å². The number of aryl methyl sites for hydroxylation is 1. The zero-order valence-electron chi connectivity index (χ0n) is 21.3. The maximum atomic E-state index is 13.6. The van der Waals surface area contributed by atoms with Gasteiger partial charge in [0.15, 0.2) is 9.84 Å². The summed E-state index contributed by atoms with van der Waals surface area (Å²) in [6.07, 6.45) is 7.31. The van der Waals surface area contributed by atoms with Gasteiger partial charge < -0.3 is 9.52 Å². The number of furan rings is 1. The minimum Gasteiger partial charge on any atom is -0.442 e. The number of nitrogens with one attached hydrogen (secondary N) is 1. The van der Waals surface area contributed by atoms with E-state index < -0.39 is 31.3 Å². The van der Waals surface area contributed by atoms with Crippen LogP contribution < -0.4 is 9.62 Å². The van der Waals surface area contributed by atoms with Crippen molar-refractivity contribution in [3.05, 3.63) is 47.0 Å². The van der Waals surface area contributed by atoms with E-state index in [4.69, 9.17) is 4.42 Å². The second-order valence-corrected chi connectivity index (χ2v) is 14.0. The van der Waals surface area contributed by atoms with Crippen molar-refractivity contribution in [2.24, 2.45) is 0 Å². The summed E-state index contributed by atoms with van der Waals surface area (Å²) in [5.41, 5.74) is 1.30. The van der Waals surface area contributed by atoms with Crippen molar-refractivity contribution in [3.63, 3.8) is 0 Å². The fourth-order valence-corrected chi connectivity index (χ4v) is 8.02. The first-order valence-corrected chi connectivity index (χ1v) is 16.1. The molecule has 204 valence electrons. The van der Waals surface area contributed by atoms with Crippen LogP contribution in [0.25, 0.3) is 11.1 Å². The number of pyridine rings is 1. The maximum absolute atomic E-state index is 13.6. The van der Waals surface area contributed by atoms with E-state index in [1.807, 2.05) is 6.92 Å². The van der Waals surface area contributed by atoms with Gasteiger partial charge in [-0.15, -0.1) is 0 Å². The molecule has 3 atom stereocenters. The Kier molecular flexibility index (Phi) is 8.13. The van der Waals surface area contributed by atoms with E-state index in [1.165, 1.54) is 16.5 Å². The summed E-state index contributed by atoms with van der Waals surface area (Å²) in [7, 11) is -5.25. The zero-order chi connectivity index (χ0) is 27.0. The number of allylic oxidation sites excluding steroid dienone is 4. The molecule has 2 N–H and O–H groups in total. The van der Waals surface area contributed by atoms with Crippen LogP contribution in [-0.4, -0.2) is 57.8 Å². The third kappa shape index (κ3) is 5.76. The van der Waals surface area contributed by atoms with Crippen molar-refractivity contribution in [1.29, 1.82) is 0 Å². The van der Waals surface area contributed by atoms with Crippen LogP contribution in [0.5, 0.6) is 0 Å². The molecule has 0 saturated carbocycles. The van der Waals surface area contributed by atoms with Crippen LogP contribution in [0.2, 0.25) is 0 Å². The van der Waals surface area contributed by atoms with Gasteiger partial charge in [0.25, 0.3) is 0 Å². The summed E-state index contributed by atoms with van der Waals surface area (Å²) in [5.74, 6) is 0.181. The van der Waals surface area contributed by atoms with Crippen molar-refractivity contribution >= 4 is 36.8 Å².